The first-order valence-corrected chi connectivity index (χ1v) is 6.61. The van der Waals surface area contributed by atoms with Crippen LogP contribution in [0, 0.1) is 0 Å². The van der Waals surface area contributed by atoms with E-state index in [1.807, 2.05) is 24.3 Å². The van der Waals surface area contributed by atoms with Crippen molar-refractivity contribution in [3.05, 3.63) is 65.7 Å². The molecule has 2 aromatic rings. The van der Waals surface area contributed by atoms with Crippen molar-refractivity contribution in [3.8, 4) is 5.75 Å². The van der Waals surface area contributed by atoms with Gasteiger partial charge in [-0.2, -0.15) is 0 Å². The maximum atomic E-state index is 9.64. The van der Waals surface area contributed by atoms with E-state index in [1.165, 1.54) is 5.56 Å². The van der Waals surface area contributed by atoms with Gasteiger partial charge < -0.3 is 5.11 Å². The Labute approximate surface area is 114 Å². The standard InChI is InChI=1S/C17H19NO/c1-14(11-12-15-7-3-2-4-8-15)18-13-16-9-5-6-10-17(16)19/h2-10,13-14,19H,11-12H2,1H3/t14-/m1/s1. The molecule has 0 fully saturated rings. The Morgan fingerprint density at radius 3 is 2.47 bits per heavy atom. The van der Waals surface area contributed by atoms with E-state index in [2.05, 4.69) is 36.2 Å². The van der Waals surface area contributed by atoms with Gasteiger partial charge in [0.15, 0.2) is 0 Å². The number of nitrogens with zero attached hydrogens (tertiary/aromatic N) is 1. The number of hydrogen-bond donors (Lipinski definition) is 1. The Kier molecular flexibility index (Phi) is 4.73. The summed E-state index contributed by atoms with van der Waals surface area (Å²) >= 11 is 0. The Morgan fingerprint density at radius 1 is 1.05 bits per heavy atom. The summed E-state index contributed by atoms with van der Waals surface area (Å²) in [7, 11) is 0. The summed E-state index contributed by atoms with van der Waals surface area (Å²) in [4.78, 5) is 4.49. The number of aryl methyl sites for hydroxylation is 1. The van der Waals surface area contributed by atoms with Crippen LogP contribution in [0.15, 0.2) is 59.6 Å². The Morgan fingerprint density at radius 2 is 1.74 bits per heavy atom. The van der Waals surface area contributed by atoms with Gasteiger partial charge in [0.25, 0.3) is 0 Å². The first-order chi connectivity index (χ1) is 9.25. The second-order valence-corrected chi connectivity index (χ2v) is 4.71. The molecule has 0 amide bonds. The normalized spacial score (nSPS) is 12.7. The van der Waals surface area contributed by atoms with E-state index in [0.29, 0.717) is 0 Å². The summed E-state index contributed by atoms with van der Waals surface area (Å²) < 4.78 is 0. The highest BCUT2D eigenvalue weighted by molar-refractivity contribution is 5.83. The molecule has 0 saturated heterocycles. The molecule has 0 heterocycles. The van der Waals surface area contributed by atoms with Gasteiger partial charge in [-0.3, -0.25) is 4.99 Å². The highest BCUT2D eigenvalue weighted by atomic mass is 16.3. The molecule has 0 spiro atoms. The van der Waals surface area contributed by atoms with Crippen molar-refractivity contribution < 1.29 is 5.11 Å². The summed E-state index contributed by atoms with van der Waals surface area (Å²) in [6, 6.07) is 17.9. The quantitative estimate of drug-likeness (QED) is 0.807. The van der Waals surface area contributed by atoms with Crippen LogP contribution in [0.25, 0.3) is 0 Å². The van der Waals surface area contributed by atoms with Crippen LogP contribution < -0.4 is 0 Å². The third-order valence-electron chi connectivity index (χ3n) is 3.10. The summed E-state index contributed by atoms with van der Waals surface area (Å²) in [6.45, 7) is 2.10. The van der Waals surface area contributed by atoms with Crippen molar-refractivity contribution in [2.45, 2.75) is 25.8 Å². The van der Waals surface area contributed by atoms with Crippen LogP contribution in [-0.2, 0) is 6.42 Å². The first kappa shape index (κ1) is 13.3. The van der Waals surface area contributed by atoms with Crippen molar-refractivity contribution in [1.29, 1.82) is 0 Å². The number of phenolic OH excluding ortho intramolecular Hbond substituents is 1. The van der Waals surface area contributed by atoms with E-state index < -0.39 is 0 Å². The topological polar surface area (TPSA) is 32.6 Å². The molecule has 0 radical (unpaired) electrons. The van der Waals surface area contributed by atoms with Gasteiger partial charge in [-0.05, 0) is 37.5 Å². The smallest absolute Gasteiger partial charge is 0.124 e. The zero-order valence-electron chi connectivity index (χ0n) is 11.2. The van der Waals surface area contributed by atoms with Gasteiger partial charge >= 0.3 is 0 Å². The minimum Gasteiger partial charge on any atom is -0.507 e. The molecule has 0 bridgehead atoms. The predicted molar refractivity (Wildman–Crippen MR) is 79.9 cm³/mol. The lowest BCUT2D eigenvalue weighted by Gasteiger charge is -2.06. The summed E-state index contributed by atoms with van der Waals surface area (Å²) in [6.07, 6.45) is 3.79. The number of aromatic hydroxyl groups is 1. The fourth-order valence-corrected chi connectivity index (χ4v) is 1.90. The summed E-state index contributed by atoms with van der Waals surface area (Å²) in [5, 5.41) is 9.64. The van der Waals surface area contributed by atoms with Gasteiger partial charge in [0.2, 0.25) is 0 Å². The van der Waals surface area contributed by atoms with E-state index in [9.17, 15) is 5.11 Å². The zero-order valence-corrected chi connectivity index (χ0v) is 11.2. The van der Waals surface area contributed by atoms with Gasteiger partial charge in [-0.25, -0.2) is 0 Å². The van der Waals surface area contributed by atoms with Gasteiger partial charge in [0, 0.05) is 17.8 Å². The lowest BCUT2D eigenvalue weighted by atomic mass is 10.1. The van der Waals surface area contributed by atoms with Gasteiger partial charge in [0.05, 0.1) is 0 Å². The van der Waals surface area contributed by atoms with Crippen LogP contribution in [0.3, 0.4) is 0 Å². The maximum Gasteiger partial charge on any atom is 0.124 e. The molecule has 2 rings (SSSR count). The third-order valence-corrected chi connectivity index (χ3v) is 3.10. The second-order valence-electron chi connectivity index (χ2n) is 4.71. The SMILES string of the molecule is C[C@H](CCc1ccccc1)N=Cc1ccccc1O. The molecule has 19 heavy (non-hydrogen) atoms. The highest BCUT2D eigenvalue weighted by Crippen LogP contribution is 2.14. The van der Waals surface area contributed by atoms with Crippen molar-refractivity contribution >= 4 is 6.21 Å². The largest absolute Gasteiger partial charge is 0.507 e. The molecule has 1 atom stereocenters. The van der Waals surface area contributed by atoms with Gasteiger partial charge in [0.1, 0.15) is 5.75 Å². The molecule has 0 aliphatic heterocycles. The fraction of sp³-hybridized carbons (Fsp3) is 0.235. The van der Waals surface area contributed by atoms with E-state index >= 15 is 0 Å². The van der Waals surface area contributed by atoms with Crippen LogP contribution in [0.2, 0.25) is 0 Å². The van der Waals surface area contributed by atoms with Crippen molar-refractivity contribution in [2.24, 2.45) is 4.99 Å². The van der Waals surface area contributed by atoms with Crippen LogP contribution in [0.1, 0.15) is 24.5 Å². The lowest BCUT2D eigenvalue weighted by Crippen LogP contribution is -2.01. The maximum absolute atomic E-state index is 9.64. The van der Waals surface area contributed by atoms with Crippen LogP contribution in [0.5, 0.6) is 5.75 Å². The molecule has 0 aromatic heterocycles. The van der Waals surface area contributed by atoms with E-state index in [0.717, 1.165) is 18.4 Å². The number of rotatable bonds is 5. The lowest BCUT2D eigenvalue weighted by molar-refractivity contribution is 0.474. The van der Waals surface area contributed by atoms with E-state index in [-0.39, 0.29) is 11.8 Å². The minimum absolute atomic E-state index is 0.250. The molecule has 1 N–H and O–H groups in total. The van der Waals surface area contributed by atoms with Gasteiger partial charge in [-0.1, -0.05) is 42.5 Å². The van der Waals surface area contributed by atoms with Gasteiger partial charge in [-0.15, -0.1) is 0 Å². The molecule has 0 saturated carbocycles. The third kappa shape index (κ3) is 4.25. The van der Waals surface area contributed by atoms with Crippen LogP contribution >= 0.6 is 0 Å². The molecule has 98 valence electrons. The first-order valence-electron chi connectivity index (χ1n) is 6.61. The molecule has 0 unspecified atom stereocenters. The Balaban J connectivity index is 1.88. The Hall–Kier alpha value is -2.09. The van der Waals surface area contributed by atoms with Crippen LogP contribution in [0.4, 0.5) is 0 Å². The van der Waals surface area contributed by atoms with Crippen molar-refractivity contribution in [3.63, 3.8) is 0 Å². The molecular formula is C17H19NO. The predicted octanol–water partition coefficient (Wildman–Crippen LogP) is 3.83. The van der Waals surface area contributed by atoms with E-state index in [4.69, 9.17) is 0 Å². The number of benzene rings is 2. The fourth-order valence-electron chi connectivity index (χ4n) is 1.90. The minimum atomic E-state index is 0.250. The molecular weight excluding hydrogens is 234 g/mol. The number of para-hydroxylation sites is 1. The molecule has 0 aliphatic carbocycles. The molecule has 2 heteroatoms. The average molecular weight is 253 g/mol. The molecule has 2 aromatic carbocycles. The highest BCUT2D eigenvalue weighted by Gasteiger charge is 2.00. The summed E-state index contributed by atoms with van der Waals surface area (Å²) in [5.41, 5.74) is 2.11. The zero-order chi connectivity index (χ0) is 13.5. The second kappa shape index (κ2) is 6.74. The van der Waals surface area contributed by atoms with Crippen LogP contribution in [-0.4, -0.2) is 17.4 Å². The summed E-state index contributed by atoms with van der Waals surface area (Å²) in [5.74, 6) is 0.279. The van der Waals surface area contributed by atoms with E-state index in [1.54, 1.807) is 12.3 Å². The number of phenols is 1. The molecule has 2 nitrogen and oxygen atoms in total. The monoisotopic (exact) mass is 253 g/mol. The number of aliphatic imine (C=N–C) groups is 1. The van der Waals surface area contributed by atoms with Crippen molar-refractivity contribution in [2.75, 3.05) is 0 Å². The average Bonchev–Trinajstić information content (AvgIpc) is 2.45. The molecule has 0 aliphatic rings. The number of hydrogen-bond acceptors (Lipinski definition) is 2. The van der Waals surface area contributed by atoms with Crippen molar-refractivity contribution in [1.82, 2.24) is 0 Å². The Bertz CT molecular complexity index is 534.